The van der Waals surface area contributed by atoms with Gasteiger partial charge < -0.3 is 5.11 Å². The molecule has 0 radical (unpaired) electrons. The quantitative estimate of drug-likeness (QED) is 0.759. The Bertz CT molecular complexity index is 319. The number of aliphatic carboxylic acids is 1. The van der Waals surface area contributed by atoms with E-state index in [2.05, 4.69) is 5.32 Å². The van der Waals surface area contributed by atoms with Crippen LogP contribution in [0.3, 0.4) is 0 Å². The number of hydrogen-bond donors (Lipinski definition) is 2. The van der Waals surface area contributed by atoms with Crippen molar-refractivity contribution < 1.29 is 9.90 Å². The molecule has 0 aromatic heterocycles. The van der Waals surface area contributed by atoms with Crippen LogP contribution >= 0.6 is 0 Å². The number of carbonyl (C=O) groups is 1. The molecule has 0 amide bonds. The first-order chi connectivity index (χ1) is 6.77. The van der Waals surface area contributed by atoms with E-state index in [1.165, 1.54) is 0 Å². The standard InChI is InChI=1S/C11H13NO2/c13-11(14)10(12-9-6-7-9)8-4-2-1-3-5-8/h1-5,9-10,12H,6-7H2,(H,13,14). The van der Waals surface area contributed by atoms with Crippen molar-refractivity contribution in [1.82, 2.24) is 5.32 Å². The lowest BCUT2D eigenvalue weighted by Crippen LogP contribution is -2.30. The number of hydrogen-bond acceptors (Lipinski definition) is 2. The summed E-state index contributed by atoms with van der Waals surface area (Å²) in [6.07, 6.45) is 2.19. The van der Waals surface area contributed by atoms with Crippen LogP contribution in [0.25, 0.3) is 0 Å². The molecule has 1 saturated carbocycles. The molecule has 0 spiro atoms. The molecule has 14 heavy (non-hydrogen) atoms. The maximum absolute atomic E-state index is 11.0. The zero-order valence-corrected chi connectivity index (χ0v) is 7.81. The topological polar surface area (TPSA) is 49.3 Å². The number of carboxylic acid groups (broad SMARTS) is 1. The van der Waals surface area contributed by atoms with Gasteiger partial charge in [0.05, 0.1) is 0 Å². The highest BCUT2D eigenvalue weighted by molar-refractivity contribution is 5.75. The predicted octanol–water partition coefficient (Wildman–Crippen LogP) is 1.56. The molecule has 1 aliphatic carbocycles. The fourth-order valence-corrected chi connectivity index (χ4v) is 1.44. The van der Waals surface area contributed by atoms with Gasteiger partial charge in [-0.05, 0) is 18.4 Å². The first kappa shape index (κ1) is 9.21. The lowest BCUT2D eigenvalue weighted by Gasteiger charge is -2.13. The number of rotatable bonds is 4. The third-order valence-corrected chi connectivity index (χ3v) is 2.36. The molecule has 2 rings (SSSR count). The Morgan fingerprint density at radius 1 is 1.36 bits per heavy atom. The van der Waals surface area contributed by atoms with Crippen LogP contribution in [-0.2, 0) is 4.79 Å². The monoisotopic (exact) mass is 191 g/mol. The highest BCUT2D eigenvalue weighted by Crippen LogP contribution is 2.24. The van der Waals surface area contributed by atoms with Gasteiger partial charge in [0.15, 0.2) is 0 Å². The van der Waals surface area contributed by atoms with E-state index in [4.69, 9.17) is 5.11 Å². The summed E-state index contributed by atoms with van der Waals surface area (Å²) < 4.78 is 0. The maximum atomic E-state index is 11.0. The number of benzene rings is 1. The molecule has 1 aromatic carbocycles. The minimum Gasteiger partial charge on any atom is -0.480 e. The highest BCUT2D eigenvalue weighted by Gasteiger charge is 2.28. The normalized spacial score (nSPS) is 17.7. The Morgan fingerprint density at radius 3 is 2.50 bits per heavy atom. The van der Waals surface area contributed by atoms with E-state index in [1.807, 2.05) is 30.3 Å². The summed E-state index contributed by atoms with van der Waals surface area (Å²) in [5, 5.41) is 12.1. The fraction of sp³-hybridized carbons (Fsp3) is 0.364. The van der Waals surface area contributed by atoms with Gasteiger partial charge in [0.1, 0.15) is 6.04 Å². The van der Waals surface area contributed by atoms with E-state index in [9.17, 15) is 4.79 Å². The van der Waals surface area contributed by atoms with Crippen LogP contribution in [0.1, 0.15) is 24.4 Å². The molecule has 0 saturated heterocycles. The summed E-state index contributed by atoms with van der Waals surface area (Å²) in [5.74, 6) is -0.803. The molecule has 1 aliphatic rings. The van der Waals surface area contributed by atoms with Crippen molar-refractivity contribution in [1.29, 1.82) is 0 Å². The van der Waals surface area contributed by atoms with E-state index in [0.29, 0.717) is 6.04 Å². The first-order valence-electron chi connectivity index (χ1n) is 4.81. The first-order valence-corrected chi connectivity index (χ1v) is 4.81. The lowest BCUT2D eigenvalue weighted by atomic mass is 10.1. The van der Waals surface area contributed by atoms with Crippen LogP contribution in [0, 0.1) is 0 Å². The van der Waals surface area contributed by atoms with Crippen LogP contribution < -0.4 is 5.32 Å². The zero-order valence-electron chi connectivity index (χ0n) is 7.81. The van der Waals surface area contributed by atoms with Gasteiger partial charge in [-0.15, -0.1) is 0 Å². The molecule has 1 fully saturated rings. The smallest absolute Gasteiger partial charge is 0.325 e. The summed E-state index contributed by atoms with van der Waals surface area (Å²) in [5.41, 5.74) is 0.826. The van der Waals surface area contributed by atoms with E-state index >= 15 is 0 Å². The van der Waals surface area contributed by atoms with Gasteiger partial charge >= 0.3 is 5.97 Å². The average Bonchev–Trinajstić information content (AvgIpc) is 2.99. The van der Waals surface area contributed by atoms with Crippen LogP contribution in [0.15, 0.2) is 30.3 Å². The second-order valence-corrected chi connectivity index (χ2v) is 3.62. The molecule has 2 N–H and O–H groups in total. The van der Waals surface area contributed by atoms with Gasteiger partial charge in [0.2, 0.25) is 0 Å². The summed E-state index contributed by atoms with van der Waals surface area (Å²) in [7, 11) is 0. The third-order valence-electron chi connectivity index (χ3n) is 2.36. The third kappa shape index (κ3) is 2.12. The van der Waals surface area contributed by atoms with Crippen molar-refractivity contribution in [2.45, 2.75) is 24.9 Å². The van der Waals surface area contributed by atoms with Crippen LogP contribution in [-0.4, -0.2) is 17.1 Å². The Kier molecular flexibility index (Phi) is 2.50. The SMILES string of the molecule is O=C(O)C(NC1CC1)c1ccccc1. The molecule has 0 heterocycles. The molecular weight excluding hydrogens is 178 g/mol. The van der Waals surface area contributed by atoms with E-state index < -0.39 is 12.0 Å². The zero-order chi connectivity index (χ0) is 9.97. The van der Waals surface area contributed by atoms with E-state index in [-0.39, 0.29) is 0 Å². The van der Waals surface area contributed by atoms with E-state index in [0.717, 1.165) is 18.4 Å². The van der Waals surface area contributed by atoms with Crippen molar-refractivity contribution in [3.8, 4) is 0 Å². The molecule has 74 valence electrons. The van der Waals surface area contributed by atoms with Gasteiger partial charge in [0, 0.05) is 6.04 Å². The second-order valence-electron chi connectivity index (χ2n) is 3.62. The van der Waals surface area contributed by atoms with Crippen LogP contribution in [0.4, 0.5) is 0 Å². The van der Waals surface area contributed by atoms with Gasteiger partial charge in [-0.2, -0.15) is 0 Å². The molecule has 1 aromatic rings. The maximum Gasteiger partial charge on any atom is 0.325 e. The van der Waals surface area contributed by atoms with Gasteiger partial charge in [-0.3, -0.25) is 10.1 Å². The second kappa shape index (κ2) is 3.80. The van der Waals surface area contributed by atoms with Crippen molar-refractivity contribution in [3.05, 3.63) is 35.9 Å². The Hall–Kier alpha value is -1.35. The summed E-state index contributed by atoms with van der Waals surface area (Å²) in [4.78, 5) is 11.0. The Balaban J connectivity index is 2.13. The van der Waals surface area contributed by atoms with Crippen molar-refractivity contribution in [2.24, 2.45) is 0 Å². The van der Waals surface area contributed by atoms with Gasteiger partial charge in [0.25, 0.3) is 0 Å². The van der Waals surface area contributed by atoms with Crippen molar-refractivity contribution >= 4 is 5.97 Å². The lowest BCUT2D eigenvalue weighted by molar-refractivity contribution is -0.139. The average molecular weight is 191 g/mol. The minimum absolute atomic E-state index is 0.399. The van der Waals surface area contributed by atoms with Crippen molar-refractivity contribution in [3.63, 3.8) is 0 Å². The van der Waals surface area contributed by atoms with Gasteiger partial charge in [-0.25, -0.2) is 0 Å². The molecular formula is C11H13NO2. The minimum atomic E-state index is -0.803. The molecule has 1 atom stereocenters. The molecule has 1 unspecified atom stereocenters. The summed E-state index contributed by atoms with van der Waals surface area (Å²) in [6.45, 7) is 0. The number of carboxylic acids is 1. The summed E-state index contributed by atoms with van der Waals surface area (Å²) in [6, 6.07) is 9.14. The largest absolute Gasteiger partial charge is 0.480 e. The highest BCUT2D eigenvalue weighted by atomic mass is 16.4. The molecule has 3 nitrogen and oxygen atoms in total. The van der Waals surface area contributed by atoms with Crippen LogP contribution in [0.5, 0.6) is 0 Å². The summed E-state index contributed by atoms with van der Waals surface area (Å²) >= 11 is 0. The van der Waals surface area contributed by atoms with E-state index in [1.54, 1.807) is 0 Å². The Labute approximate surface area is 82.8 Å². The molecule has 0 bridgehead atoms. The molecule has 0 aliphatic heterocycles. The van der Waals surface area contributed by atoms with Crippen LogP contribution in [0.2, 0.25) is 0 Å². The molecule has 3 heteroatoms. The van der Waals surface area contributed by atoms with Crippen molar-refractivity contribution in [2.75, 3.05) is 0 Å². The predicted molar refractivity (Wildman–Crippen MR) is 53.0 cm³/mol. The Morgan fingerprint density at radius 2 is 2.00 bits per heavy atom. The fourth-order valence-electron chi connectivity index (χ4n) is 1.44. The van der Waals surface area contributed by atoms with Gasteiger partial charge in [-0.1, -0.05) is 30.3 Å². The number of nitrogens with one attached hydrogen (secondary N) is 1.